The third-order valence-electron chi connectivity index (χ3n) is 3.30. The Balaban J connectivity index is 0.00000147. The second-order valence-electron chi connectivity index (χ2n) is 4.45. The fourth-order valence-electron chi connectivity index (χ4n) is 2.42. The van der Waals surface area contributed by atoms with Crippen molar-refractivity contribution in [2.45, 2.75) is 5.92 Å². The van der Waals surface area contributed by atoms with Gasteiger partial charge < -0.3 is 14.9 Å². The molecule has 2 aromatic carbocycles. The number of carbonyl (C=O) groups is 1. The van der Waals surface area contributed by atoms with E-state index in [1.165, 1.54) is 0 Å². The number of fused-ring (bicyclic) bond motifs is 1. The number of H-pyrrole nitrogens is 1. The van der Waals surface area contributed by atoms with E-state index in [9.17, 15) is 9.90 Å². The Labute approximate surface area is 138 Å². The predicted octanol–water partition coefficient (Wildman–Crippen LogP) is -0.946. The molecule has 1 atom stereocenters. The van der Waals surface area contributed by atoms with Crippen LogP contribution in [0.25, 0.3) is 10.9 Å². The number of hydrogen-bond donors (Lipinski definition) is 1. The molecule has 3 aromatic rings. The van der Waals surface area contributed by atoms with Crippen LogP contribution in [0, 0.1) is 0 Å². The summed E-state index contributed by atoms with van der Waals surface area (Å²) in [5, 5.41) is 12.4. The van der Waals surface area contributed by atoms with Gasteiger partial charge in [0.25, 0.3) is 0 Å². The van der Waals surface area contributed by atoms with Gasteiger partial charge in [0.2, 0.25) is 0 Å². The largest absolute Gasteiger partial charge is 1.00 e. The number of aliphatic carboxylic acids is 1. The van der Waals surface area contributed by atoms with Crippen LogP contribution in [0.2, 0.25) is 0 Å². The van der Waals surface area contributed by atoms with Crippen LogP contribution in [0.5, 0.6) is 0 Å². The van der Waals surface area contributed by atoms with Gasteiger partial charge in [-0.3, -0.25) is 0 Å². The molecule has 0 aliphatic rings. The van der Waals surface area contributed by atoms with Crippen molar-refractivity contribution in [1.29, 1.82) is 0 Å². The summed E-state index contributed by atoms with van der Waals surface area (Å²) in [6.45, 7) is 0. The first-order chi connectivity index (χ1) is 9.27. The molecule has 3 rings (SSSR count). The van der Waals surface area contributed by atoms with Crippen LogP contribution in [0.4, 0.5) is 0 Å². The molecule has 94 valence electrons. The van der Waals surface area contributed by atoms with Gasteiger partial charge in [0, 0.05) is 17.1 Å². The summed E-state index contributed by atoms with van der Waals surface area (Å²) < 4.78 is 0. The Morgan fingerprint density at radius 2 is 1.65 bits per heavy atom. The molecule has 0 aliphatic carbocycles. The zero-order valence-corrected chi connectivity index (χ0v) is 13.2. The van der Waals surface area contributed by atoms with Crippen molar-refractivity contribution in [2.24, 2.45) is 0 Å². The second-order valence-corrected chi connectivity index (χ2v) is 4.45. The minimum atomic E-state index is -1.09. The predicted molar refractivity (Wildman–Crippen MR) is 71.6 cm³/mol. The van der Waals surface area contributed by atoms with Crippen LogP contribution in [-0.2, 0) is 4.79 Å². The van der Waals surface area contributed by atoms with E-state index in [4.69, 9.17) is 0 Å². The zero-order valence-electron chi connectivity index (χ0n) is 11.2. The van der Waals surface area contributed by atoms with Crippen molar-refractivity contribution in [1.82, 2.24) is 4.98 Å². The average Bonchev–Trinajstić information content (AvgIpc) is 2.84. The van der Waals surface area contributed by atoms with Crippen molar-refractivity contribution in [3.05, 3.63) is 71.9 Å². The molecular weight excluding hydrogens is 261 g/mol. The van der Waals surface area contributed by atoms with Crippen LogP contribution < -0.4 is 34.7 Å². The molecule has 1 unspecified atom stereocenters. The minimum Gasteiger partial charge on any atom is -0.549 e. The van der Waals surface area contributed by atoms with Crippen LogP contribution in [0.1, 0.15) is 17.0 Å². The SMILES string of the molecule is O=C([O-])C(c1ccccc1)c1c[nH]c2ccccc12.[Na+]. The van der Waals surface area contributed by atoms with Gasteiger partial charge in [-0.25, -0.2) is 0 Å². The number of carboxylic acid groups (broad SMARTS) is 1. The first kappa shape index (κ1) is 14.9. The number of rotatable bonds is 3. The zero-order chi connectivity index (χ0) is 13.2. The Bertz CT molecular complexity index is 721. The Kier molecular flexibility index (Phi) is 4.65. The van der Waals surface area contributed by atoms with E-state index in [2.05, 4.69) is 4.98 Å². The summed E-state index contributed by atoms with van der Waals surface area (Å²) >= 11 is 0. The third kappa shape index (κ3) is 2.66. The van der Waals surface area contributed by atoms with Crippen LogP contribution in [0.15, 0.2) is 60.8 Å². The molecule has 20 heavy (non-hydrogen) atoms. The number of para-hydroxylation sites is 1. The van der Waals surface area contributed by atoms with Crippen molar-refractivity contribution in [3.63, 3.8) is 0 Å². The van der Waals surface area contributed by atoms with Crippen LogP contribution in [0.3, 0.4) is 0 Å². The number of hydrogen-bond acceptors (Lipinski definition) is 2. The van der Waals surface area contributed by atoms with Gasteiger partial charge in [0.1, 0.15) is 0 Å². The number of aromatic nitrogens is 1. The summed E-state index contributed by atoms with van der Waals surface area (Å²) in [7, 11) is 0. The molecule has 4 heteroatoms. The monoisotopic (exact) mass is 273 g/mol. The molecule has 0 fully saturated rings. The normalized spacial score (nSPS) is 11.8. The molecule has 0 amide bonds. The van der Waals surface area contributed by atoms with Crippen molar-refractivity contribution < 1.29 is 39.5 Å². The van der Waals surface area contributed by atoms with E-state index in [1.807, 2.05) is 54.6 Å². The number of carboxylic acids is 1. The van der Waals surface area contributed by atoms with Crippen LogP contribution in [-0.4, -0.2) is 11.0 Å². The molecule has 1 N–H and O–H groups in total. The maximum Gasteiger partial charge on any atom is 1.00 e. The fraction of sp³-hybridized carbons (Fsp3) is 0.0625. The summed E-state index contributed by atoms with van der Waals surface area (Å²) in [6, 6.07) is 16.8. The van der Waals surface area contributed by atoms with E-state index >= 15 is 0 Å². The molecule has 0 aliphatic heterocycles. The van der Waals surface area contributed by atoms with Gasteiger partial charge in [-0.05, 0) is 17.2 Å². The topological polar surface area (TPSA) is 55.9 Å². The van der Waals surface area contributed by atoms with Gasteiger partial charge in [-0.2, -0.15) is 0 Å². The quantitative estimate of drug-likeness (QED) is 0.626. The first-order valence-corrected chi connectivity index (χ1v) is 6.09. The Morgan fingerprint density at radius 1 is 1.00 bits per heavy atom. The van der Waals surface area contributed by atoms with E-state index in [-0.39, 0.29) is 29.6 Å². The molecule has 0 radical (unpaired) electrons. The Morgan fingerprint density at radius 3 is 2.35 bits per heavy atom. The minimum absolute atomic E-state index is 0. The number of nitrogens with one attached hydrogen (secondary N) is 1. The third-order valence-corrected chi connectivity index (χ3v) is 3.30. The second kappa shape index (κ2) is 6.27. The standard InChI is InChI=1S/C16H13NO2.Na/c18-16(19)15(11-6-2-1-3-7-11)13-10-17-14-9-5-4-8-12(13)14;/h1-10,15,17H,(H,18,19);/q;+1/p-1. The number of carbonyl (C=O) groups excluding carboxylic acids is 1. The van der Waals surface area contributed by atoms with E-state index in [0.717, 1.165) is 22.0 Å². The average molecular weight is 273 g/mol. The molecular formula is C16H12NNaO2. The van der Waals surface area contributed by atoms with E-state index in [1.54, 1.807) is 6.20 Å². The molecule has 0 bridgehead atoms. The van der Waals surface area contributed by atoms with Gasteiger partial charge in [-0.15, -0.1) is 0 Å². The summed E-state index contributed by atoms with van der Waals surface area (Å²) in [4.78, 5) is 14.6. The summed E-state index contributed by atoms with van der Waals surface area (Å²) in [6.07, 6.45) is 1.75. The van der Waals surface area contributed by atoms with Gasteiger partial charge >= 0.3 is 29.6 Å². The molecule has 3 nitrogen and oxygen atoms in total. The van der Waals surface area contributed by atoms with Crippen molar-refractivity contribution >= 4 is 16.9 Å². The number of aromatic amines is 1. The van der Waals surface area contributed by atoms with Crippen LogP contribution >= 0.6 is 0 Å². The van der Waals surface area contributed by atoms with Gasteiger partial charge in [0.15, 0.2) is 0 Å². The first-order valence-electron chi connectivity index (χ1n) is 6.09. The summed E-state index contributed by atoms with van der Waals surface area (Å²) in [5.74, 6) is -1.84. The summed E-state index contributed by atoms with van der Waals surface area (Å²) in [5.41, 5.74) is 2.40. The smallest absolute Gasteiger partial charge is 0.549 e. The van der Waals surface area contributed by atoms with E-state index in [0.29, 0.717) is 0 Å². The molecule has 0 saturated carbocycles. The molecule has 0 saturated heterocycles. The molecule has 1 heterocycles. The van der Waals surface area contributed by atoms with Crippen molar-refractivity contribution in [3.8, 4) is 0 Å². The van der Waals surface area contributed by atoms with Gasteiger partial charge in [-0.1, -0.05) is 48.5 Å². The Hall–Kier alpha value is -1.55. The fourth-order valence-corrected chi connectivity index (χ4v) is 2.42. The molecule has 1 aromatic heterocycles. The van der Waals surface area contributed by atoms with E-state index < -0.39 is 11.9 Å². The van der Waals surface area contributed by atoms with Crippen molar-refractivity contribution in [2.75, 3.05) is 0 Å². The number of benzene rings is 2. The maximum atomic E-state index is 11.5. The maximum absolute atomic E-state index is 11.5. The van der Waals surface area contributed by atoms with Gasteiger partial charge in [0.05, 0.1) is 11.9 Å². The molecule has 0 spiro atoms.